The number of nitrogens with two attached hydrogens (primary N) is 1. The van der Waals surface area contributed by atoms with Gasteiger partial charge in [0.1, 0.15) is 5.82 Å². The first-order chi connectivity index (χ1) is 7.74. The van der Waals surface area contributed by atoms with Crippen LogP contribution in [0.3, 0.4) is 0 Å². The van der Waals surface area contributed by atoms with Crippen LogP contribution in [0.1, 0.15) is 10.5 Å². The molecule has 1 aromatic heterocycles. The molecule has 1 heterocycles. The van der Waals surface area contributed by atoms with Gasteiger partial charge in [0.15, 0.2) is 5.69 Å². The highest BCUT2D eigenvalue weighted by molar-refractivity contribution is 7.99. The van der Waals surface area contributed by atoms with E-state index in [4.69, 9.17) is 12.2 Å². The Morgan fingerprint density at radius 2 is 2.38 bits per heavy atom. The average Bonchev–Trinajstić information content (AvgIpc) is 2.29. The summed E-state index contributed by atoms with van der Waals surface area (Å²) in [6.07, 6.45) is 5.11. The molecule has 0 saturated heterocycles. The molecule has 16 heavy (non-hydrogen) atoms. The van der Waals surface area contributed by atoms with Crippen molar-refractivity contribution in [2.24, 2.45) is 5.73 Å². The zero-order chi connectivity index (χ0) is 11.8. The van der Waals surface area contributed by atoms with Crippen LogP contribution in [0.4, 0.5) is 5.82 Å². The van der Waals surface area contributed by atoms with Crippen LogP contribution in [0.25, 0.3) is 0 Å². The van der Waals surface area contributed by atoms with Crippen LogP contribution in [0, 0.1) is 12.3 Å². The Kier molecular flexibility index (Phi) is 5.16. The minimum absolute atomic E-state index is 0.159. The number of primary amides is 1. The first-order valence-electron chi connectivity index (χ1n) is 4.62. The van der Waals surface area contributed by atoms with Crippen LogP contribution in [0.5, 0.6) is 0 Å². The van der Waals surface area contributed by atoms with E-state index in [1.165, 1.54) is 6.07 Å². The predicted octanol–water partition coefficient (Wildman–Crippen LogP) is 0.354. The fourth-order valence-electron chi connectivity index (χ4n) is 0.940. The number of hydrogen-bond donors (Lipinski definition) is 2. The summed E-state index contributed by atoms with van der Waals surface area (Å²) in [5.41, 5.74) is 5.19. The Morgan fingerprint density at radius 3 is 2.94 bits per heavy atom. The van der Waals surface area contributed by atoms with Crippen LogP contribution in [-0.2, 0) is 0 Å². The van der Waals surface area contributed by atoms with Crippen molar-refractivity contribution in [3.8, 4) is 12.3 Å². The Labute approximate surface area is 98.2 Å². The van der Waals surface area contributed by atoms with Gasteiger partial charge in [-0.15, -0.1) is 28.4 Å². The lowest BCUT2D eigenvalue weighted by Gasteiger charge is -2.03. The number of hydrogen-bond acceptors (Lipinski definition) is 5. The van der Waals surface area contributed by atoms with Crippen molar-refractivity contribution in [2.45, 2.75) is 0 Å². The molecule has 0 unspecified atom stereocenters. The van der Waals surface area contributed by atoms with Gasteiger partial charge in [-0.1, -0.05) is 5.92 Å². The highest BCUT2D eigenvalue weighted by atomic mass is 32.2. The Morgan fingerprint density at radius 1 is 1.56 bits per heavy atom. The van der Waals surface area contributed by atoms with E-state index in [-0.39, 0.29) is 5.69 Å². The van der Waals surface area contributed by atoms with E-state index in [0.717, 1.165) is 12.3 Å². The van der Waals surface area contributed by atoms with Crippen LogP contribution < -0.4 is 11.1 Å². The molecule has 1 rings (SSSR count). The maximum atomic E-state index is 10.7. The largest absolute Gasteiger partial charge is 0.368 e. The van der Waals surface area contributed by atoms with E-state index >= 15 is 0 Å². The van der Waals surface area contributed by atoms with Gasteiger partial charge in [0, 0.05) is 12.3 Å². The van der Waals surface area contributed by atoms with Gasteiger partial charge < -0.3 is 11.1 Å². The molecule has 0 bridgehead atoms. The van der Waals surface area contributed by atoms with Crippen molar-refractivity contribution in [2.75, 3.05) is 23.4 Å². The van der Waals surface area contributed by atoms with E-state index < -0.39 is 5.91 Å². The number of carbonyl (C=O) groups excluding carboxylic acids is 1. The van der Waals surface area contributed by atoms with Gasteiger partial charge in [-0.25, -0.2) is 0 Å². The predicted molar refractivity (Wildman–Crippen MR) is 65.2 cm³/mol. The molecule has 5 nitrogen and oxygen atoms in total. The van der Waals surface area contributed by atoms with E-state index in [1.807, 2.05) is 0 Å². The molecule has 0 saturated carbocycles. The molecule has 1 aromatic rings. The topological polar surface area (TPSA) is 80.9 Å². The Hall–Kier alpha value is -1.74. The highest BCUT2D eigenvalue weighted by Crippen LogP contribution is 2.03. The summed E-state index contributed by atoms with van der Waals surface area (Å²) in [5.74, 6) is 4.17. The normalized spacial score (nSPS) is 9.44. The van der Waals surface area contributed by atoms with E-state index in [0.29, 0.717) is 11.6 Å². The molecule has 0 aliphatic carbocycles. The number of terminal acetylenes is 1. The van der Waals surface area contributed by atoms with Crippen LogP contribution in [0.15, 0.2) is 12.1 Å². The summed E-state index contributed by atoms with van der Waals surface area (Å²) in [5, 5.41) is 10.5. The third kappa shape index (κ3) is 4.19. The zero-order valence-corrected chi connectivity index (χ0v) is 9.46. The van der Waals surface area contributed by atoms with Gasteiger partial charge >= 0.3 is 0 Å². The van der Waals surface area contributed by atoms with Gasteiger partial charge in [-0.2, -0.15) is 0 Å². The first kappa shape index (κ1) is 12.3. The summed E-state index contributed by atoms with van der Waals surface area (Å²) in [6, 6.07) is 3.20. The van der Waals surface area contributed by atoms with Gasteiger partial charge in [0.25, 0.3) is 5.91 Å². The minimum Gasteiger partial charge on any atom is -0.368 e. The number of nitrogens with zero attached hydrogens (tertiary/aromatic N) is 2. The number of nitrogens with one attached hydrogen (secondary N) is 1. The van der Waals surface area contributed by atoms with Crippen molar-refractivity contribution in [1.29, 1.82) is 0 Å². The molecule has 0 fully saturated rings. The fraction of sp³-hybridized carbons (Fsp3) is 0.300. The van der Waals surface area contributed by atoms with E-state index in [1.54, 1.807) is 17.8 Å². The summed E-state index contributed by atoms with van der Waals surface area (Å²) < 4.78 is 0. The SMILES string of the molecule is C#CCSCCNc1ccc(C(N)=O)nn1. The molecule has 0 spiro atoms. The molecular weight excluding hydrogens is 224 g/mol. The molecular formula is C10H12N4OS. The molecule has 3 N–H and O–H groups in total. The van der Waals surface area contributed by atoms with Crippen LogP contribution >= 0.6 is 11.8 Å². The van der Waals surface area contributed by atoms with Gasteiger partial charge in [-0.05, 0) is 12.1 Å². The number of rotatable bonds is 6. The summed E-state index contributed by atoms with van der Waals surface area (Å²) in [7, 11) is 0. The van der Waals surface area contributed by atoms with Gasteiger partial charge in [0.05, 0.1) is 5.75 Å². The number of amides is 1. The molecule has 0 atom stereocenters. The highest BCUT2D eigenvalue weighted by Gasteiger charge is 2.02. The average molecular weight is 236 g/mol. The number of anilines is 1. The smallest absolute Gasteiger partial charge is 0.269 e. The van der Waals surface area contributed by atoms with Crippen molar-refractivity contribution in [3.63, 3.8) is 0 Å². The van der Waals surface area contributed by atoms with Crippen molar-refractivity contribution >= 4 is 23.5 Å². The summed E-state index contributed by atoms with van der Waals surface area (Å²) in [4.78, 5) is 10.7. The molecule has 6 heteroatoms. The standard InChI is InChI=1S/C10H12N4OS/c1-2-6-16-7-5-12-9-4-3-8(10(11)15)13-14-9/h1,3-4H,5-7H2,(H2,11,15)(H,12,14). The summed E-state index contributed by atoms with van der Waals surface area (Å²) >= 11 is 1.66. The van der Waals surface area contributed by atoms with Crippen LogP contribution in [-0.4, -0.2) is 34.2 Å². The molecule has 1 amide bonds. The molecule has 0 radical (unpaired) electrons. The lowest BCUT2D eigenvalue weighted by Crippen LogP contribution is -2.14. The number of aromatic nitrogens is 2. The molecule has 0 aliphatic rings. The first-order valence-corrected chi connectivity index (χ1v) is 5.78. The minimum atomic E-state index is -0.580. The van der Waals surface area contributed by atoms with Gasteiger partial charge in [0.2, 0.25) is 0 Å². The molecule has 0 aromatic carbocycles. The second kappa shape index (κ2) is 6.69. The van der Waals surface area contributed by atoms with Gasteiger partial charge in [-0.3, -0.25) is 4.79 Å². The second-order valence-electron chi connectivity index (χ2n) is 2.85. The monoisotopic (exact) mass is 236 g/mol. The summed E-state index contributed by atoms with van der Waals surface area (Å²) in [6.45, 7) is 0.747. The van der Waals surface area contributed by atoms with Crippen molar-refractivity contribution in [3.05, 3.63) is 17.8 Å². The number of carbonyl (C=O) groups is 1. The lowest BCUT2D eigenvalue weighted by atomic mass is 10.4. The van der Waals surface area contributed by atoms with Crippen LogP contribution in [0.2, 0.25) is 0 Å². The maximum Gasteiger partial charge on any atom is 0.269 e. The zero-order valence-electron chi connectivity index (χ0n) is 8.64. The quantitative estimate of drug-likeness (QED) is 0.550. The lowest BCUT2D eigenvalue weighted by molar-refractivity contribution is 0.0994. The third-order valence-corrected chi connectivity index (χ3v) is 2.52. The van der Waals surface area contributed by atoms with Crippen molar-refractivity contribution < 1.29 is 4.79 Å². The Balaban J connectivity index is 2.33. The maximum absolute atomic E-state index is 10.7. The third-order valence-electron chi connectivity index (χ3n) is 1.65. The Bertz CT molecular complexity index is 385. The fourth-order valence-corrected chi connectivity index (χ4v) is 1.45. The number of thioether (sulfide) groups is 1. The molecule has 84 valence electrons. The van der Waals surface area contributed by atoms with E-state index in [9.17, 15) is 4.79 Å². The van der Waals surface area contributed by atoms with E-state index in [2.05, 4.69) is 21.4 Å². The second-order valence-corrected chi connectivity index (χ2v) is 3.96. The molecule has 0 aliphatic heterocycles. The van der Waals surface area contributed by atoms with Crippen molar-refractivity contribution in [1.82, 2.24) is 10.2 Å².